The Morgan fingerprint density at radius 3 is 2.05 bits per heavy atom. The summed E-state index contributed by atoms with van der Waals surface area (Å²) in [5.74, 6) is 0.286. The minimum Gasteiger partial charge on any atom is -0.273 e. The molecule has 1 nitrogen and oxygen atoms in total. The van der Waals surface area contributed by atoms with Gasteiger partial charge in [0.05, 0.1) is 5.56 Å². The number of allylic oxidation sites excluding steroid dienone is 1. The van der Waals surface area contributed by atoms with Crippen molar-refractivity contribution in [3.05, 3.63) is 77.4 Å². The predicted octanol–water partition coefficient (Wildman–Crippen LogP) is 4.59. The van der Waals surface area contributed by atoms with E-state index in [2.05, 4.69) is 32.9 Å². The second-order valence-corrected chi connectivity index (χ2v) is 5.96. The van der Waals surface area contributed by atoms with Crippen molar-refractivity contribution in [2.45, 2.75) is 26.2 Å². The Balaban J connectivity index is 2.12. The third-order valence-electron chi connectivity index (χ3n) is 3.28. The van der Waals surface area contributed by atoms with Gasteiger partial charge in [-0.1, -0.05) is 63.2 Å². The molecule has 0 bridgehead atoms. The van der Waals surface area contributed by atoms with Gasteiger partial charge in [0.1, 0.15) is 0 Å². The lowest BCUT2D eigenvalue weighted by atomic mass is 9.86. The van der Waals surface area contributed by atoms with Gasteiger partial charge in [0.25, 0.3) is 0 Å². The Morgan fingerprint density at radius 1 is 0.900 bits per heavy atom. The monoisotopic (exact) mass is 265 g/mol. The fourth-order valence-electron chi connectivity index (χ4n) is 1.98. The average molecular weight is 265 g/mol. The molecule has 102 valence electrons. The Bertz CT molecular complexity index is 598. The van der Waals surface area contributed by atoms with Crippen molar-refractivity contribution in [3.63, 3.8) is 0 Å². The molecular formula is C19H21O+. The van der Waals surface area contributed by atoms with Gasteiger partial charge in [0, 0.05) is 6.08 Å². The fourth-order valence-corrected chi connectivity index (χ4v) is 1.98. The molecular weight excluding hydrogens is 244 g/mol. The summed E-state index contributed by atoms with van der Waals surface area (Å²) in [4.78, 5) is 10.1. The zero-order chi connectivity index (χ0) is 14.6. The van der Waals surface area contributed by atoms with Crippen LogP contribution in [-0.4, -0.2) is 10.6 Å². The first kappa shape index (κ1) is 14.3. The van der Waals surface area contributed by atoms with E-state index in [1.165, 1.54) is 5.56 Å². The van der Waals surface area contributed by atoms with Crippen LogP contribution in [0.1, 0.15) is 37.5 Å². The molecule has 0 radical (unpaired) electrons. The van der Waals surface area contributed by atoms with Crippen LogP contribution in [-0.2, 0) is 5.41 Å². The van der Waals surface area contributed by atoms with E-state index in [9.17, 15) is 4.79 Å². The van der Waals surface area contributed by atoms with E-state index >= 15 is 0 Å². The molecule has 1 N–H and O–H groups in total. The van der Waals surface area contributed by atoms with E-state index in [1.54, 1.807) is 6.08 Å². The van der Waals surface area contributed by atoms with Crippen LogP contribution in [0.25, 0.3) is 6.08 Å². The van der Waals surface area contributed by atoms with Crippen molar-refractivity contribution >= 4 is 11.9 Å². The van der Waals surface area contributed by atoms with E-state index in [-0.39, 0.29) is 11.2 Å². The van der Waals surface area contributed by atoms with Gasteiger partial charge in [-0.3, -0.25) is 4.79 Å². The summed E-state index contributed by atoms with van der Waals surface area (Å²) in [6.45, 7) is 6.54. The van der Waals surface area contributed by atoms with Crippen molar-refractivity contribution < 1.29 is 4.79 Å². The predicted molar refractivity (Wildman–Crippen MR) is 86.7 cm³/mol. The van der Waals surface area contributed by atoms with Gasteiger partial charge in [-0.25, -0.2) is 0 Å². The first-order chi connectivity index (χ1) is 9.47. The zero-order valence-electron chi connectivity index (χ0n) is 12.3. The molecule has 0 aliphatic carbocycles. The summed E-state index contributed by atoms with van der Waals surface area (Å²) in [6, 6.07) is 18.0. The molecule has 0 atom stereocenters. The minimum atomic E-state index is 0.133. The molecule has 0 aliphatic rings. The Labute approximate surface area is 121 Å². The number of rotatable bonds is 3. The summed E-state index contributed by atoms with van der Waals surface area (Å²) in [7, 11) is 0. The standard InChI is InChI=1S/C19H20O/c1-19(2,3)17-12-10-16(11-13-17)18(20)14-9-15-7-5-4-6-8-15/h4-14H,1-3H3/p+1/b14-9+. The minimum absolute atomic E-state index is 0.133. The number of hydrogen-bond donors (Lipinski definition) is 0. The van der Waals surface area contributed by atoms with Crippen LogP contribution in [0.4, 0.5) is 0 Å². The van der Waals surface area contributed by atoms with Crippen LogP contribution in [0.15, 0.2) is 60.7 Å². The summed E-state index contributed by atoms with van der Waals surface area (Å²) in [5.41, 5.74) is 3.31. The molecule has 0 amide bonds. The van der Waals surface area contributed by atoms with E-state index in [0.717, 1.165) is 11.1 Å². The molecule has 2 aromatic rings. The lowest BCUT2D eigenvalue weighted by molar-refractivity contribution is 0.590. The van der Waals surface area contributed by atoms with Crippen LogP contribution in [0.2, 0.25) is 0 Å². The number of carbonyl (C=O) groups excluding carboxylic acids is 1. The SMILES string of the molecule is CC(C)(C)c1ccc(C(=[OH+])/C=C/c2ccccc2)cc1. The number of benzene rings is 2. The second-order valence-electron chi connectivity index (χ2n) is 5.96. The molecule has 0 aromatic heterocycles. The molecule has 2 rings (SSSR count). The zero-order valence-corrected chi connectivity index (χ0v) is 12.3. The molecule has 0 saturated carbocycles. The van der Waals surface area contributed by atoms with Gasteiger partial charge >= 0.3 is 5.78 Å². The van der Waals surface area contributed by atoms with E-state index in [4.69, 9.17) is 0 Å². The maximum atomic E-state index is 10.1. The maximum Gasteiger partial charge on any atom is 0.347 e. The van der Waals surface area contributed by atoms with Gasteiger partial charge in [-0.05, 0) is 34.8 Å². The van der Waals surface area contributed by atoms with Gasteiger partial charge < -0.3 is 0 Å². The van der Waals surface area contributed by atoms with Crippen molar-refractivity contribution in [1.82, 2.24) is 0 Å². The average Bonchev–Trinajstić information content (AvgIpc) is 2.45. The topological polar surface area (TPSA) is 21.4 Å². The van der Waals surface area contributed by atoms with Crippen molar-refractivity contribution in [2.75, 3.05) is 0 Å². The highest BCUT2D eigenvalue weighted by Gasteiger charge is 2.15. The number of ketones is 1. The first-order valence-corrected chi connectivity index (χ1v) is 6.87. The normalized spacial score (nSPS) is 11.8. The third-order valence-corrected chi connectivity index (χ3v) is 3.28. The molecule has 20 heavy (non-hydrogen) atoms. The largest absolute Gasteiger partial charge is 0.347 e. The smallest absolute Gasteiger partial charge is 0.273 e. The van der Waals surface area contributed by atoms with Crippen LogP contribution >= 0.6 is 0 Å². The lowest BCUT2D eigenvalue weighted by Crippen LogP contribution is -2.11. The highest BCUT2D eigenvalue weighted by atomic mass is 16.1. The fraction of sp³-hybridized carbons (Fsp3) is 0.211. The van der Waals surface area contributed by atoms with Gasteiger partial charge in [-0.2, -0.15) is 0 Å². The van der Waals surface area contributed by atoms with Crippen LogP contribution in [0.5, 0.6) is 0 Å². The Morgan fingerprint density at radius 2 is 1.50 bits per heavy atom. The summed E-state index contributed by atoms with van der Waals surface area (Å²) in [6.07, 6.45) is 3.65. The maximum absolute atomic E-state index is 10.1. The number of hydrogen-bond acceptors (Lipinski definition) is 0. The lowest BCUT2D eigenvalue weighted by Gasteiger charge is -2.18. The van der Waals surface area contributed by atoms with Crippen molar-refractivity contribution in [1.29, 1.82) is 0 Å². The van der Waals surface area contributed by atoms with E-state index in [1.807, 2.05) is 48.5 Å². The van der Waals surface area contributed by atoms with Crippen LogP contribution in [0.3, 0.4) is 0 Å². The molecule has 0 spiro atoms. The Kier molecular flexibility index (Phi) is 4.19. The summed E-state index contributed by atoms with van der Waals surface area (Å²) < 4.78 is 0. The quantitative estimate of drug-likeness (QED) is 0.440. The van der Waals surface area contributed by atoms with Gasteiger partial charge in [0.15, 0.2) is 0 Å². The highest BCUT2D eigenvalue weighted by Crippen LogP contribution is 2.22. The van der Waals surface area contributed by atoms with Gasteiger partial charge in [-0.15, -0.1) is 0 Å². The van der Waals surface area contributed by atoms with E-state index < -0.39 is 0 Å². The highest BCUT2D eigenvalue weighted by molar-refractivity contribution is 6.07. The summed E-state index contributed by atoms with van der Waals surface area (Å²) in [5, 5.41) is 0. The van der Waals surface area contributed by atoms with E-state index in [0.29, 0.717) is 0 Å². The first-order valence-electron chi connectivity index (χ1n) is 6.87. The van der Waals surface area contributed by atoms with Crippen LogP contribution in [0, 0.1) is 0 Å². The molecule has 0 heterocycles. The molecule has 0 saturated heterocycles. The molecule has 0 aliphatic heterocycles. The van der Waals surface area contributed by atoms with Crippen LogP contribution < -0.4 is 0 Å². The molecule has 0 unspecified atom stereocenters. The Hall–Kier alpha value is -2.15. The van der Waals surface area contributed by atoms with Gasteiger partial charge in [0.2, 0.25) is 0 Å². The third kappa shape index (κ3) is 3.67. The van der Waals surface area contributed by atoms with Crippen molar-refractivity contribution in [2.24, 2.45) is 0 Å². The van der Waals surface area contributed by atoms with Crippen molar-refractivity contribution in [3.8, 4) is 0 Å². The molecule has 2 aromatic carbocycles. The molecule has 0 fully saturated rings. The summed E-state index contributed by atoms with van der Waals surface area (Å²) >= 11 is 0. The second kappa shape index (κ2) is 5.87. The molecule has 1 heteroatoms.